The fourth-order valence-corrected chi connectivity index (χ4v) is 6.33. The Balaban J connectivity index is 1.54. The fourth-order valence-electron chi connectivity index (χ4n) is 4.75. The summed E-state index contributed by atoms with van der Waals surface area (Å²) in [5.41, 5.74) is 0. The number of aliphatic hydroxyl groups is 1. The van der Waals surface area contributed by atoms with Crippen LogP contribution >= 0.6 is 23.1 Å². The summed E-state index contributed by atoms with van der Waals surface area (Å²) in [6, 6.07) is 4.65. The minimum absolute atomic E-state index is 0.0741. The van der Waals surface area contributed by atoms with Crippen LogP contribution in [0, 0.1) is 17.8 Å². The molecule has 0 radical (unpaired) electrons. The van der Waals surface area contributed by atoms with E-state index < -0.39 is 0 Å². The summed E-state index contributed by atoms with van der Waals surface area (Å²) in [5, 5.41) is 21.0. The minimum Gasteiger partial charge on any atom is -0.394 e. The van der Waals surface area contributed by atoms with Crippen molar-refractivity contribution in [3.8, 4) is 10.7 Å². The molecule has 0 spiro atoms. The average Bonchev–Trinajstić information content (AvgIpc) is 3.44. The van der Waals surface area contributed by atoms with Crippen LogP contribution in [0.25, 0.3) is 10.7 Å². The van der Waals surface area contributed by atoms with Crippen molar-refractivity contribution in [2.24, 2.45) is 17.8 Å². The first-order valence-electron chi connectivity index (χ1n) is 9.58. The van der Waals surface area contributed by atoms with Gasteiger partial charge >= 0.3 is 0 Å². The van der Waals surface area contributed by atoms with Gasteiger partial charge < -0.3 is 9.84 Å². The monoisotopic (exact) mass is 393 g/mol. The summed E-state index contributed by atoms with van der Waals surface area (Å²) in [5.74, 6) is 4.39. The number of thiophene rings is 1. The second-order valence-electron chi connectivity index (χ2n) is 7.42. The zero-order valence-corrected chi connectivity index (χ0v) is 16.8. The van der Waals surface area contributed by atoms with Crippen LogP contribution in [0.15, 0.2) is 22.7 Å². The molecule has 2 heterocycles. The molecule has 2 aromatic heterocycles. The van der Waals surface area contributed by atoms with E-state index in [1.807, 2.05) is 0 Å². The Kier molecular flexibility index (Phi) is 5.98. The van der Waals surface area contributed by atoms with Gasteiger partial charge in [-0.3, -0.25) is 4.57 Å². The molecule has 0 aromatic carbocycles. The lowest BCUT2D eigenvalue weighted by molar-refractivity contribution is 0.103. The van der Waals surface area contributed by atoms with Crippen LogP contribution in [0.5, 0.6) is 0 Å². The van der Waals surface area contributed by atoms with Gasteiger partial charge in [-0.1, -0.05) is 24.2 Å². The molecule has 142 valence electrons. The molecule has 4 rings (SSSR count). The number of aromatic nitrogens is 3. The zero-order valence-electron chi connectivity index (χ0n) is 15.2. The summed E-state index contributed by atoms with van der Waals surface area (Å²) < 4.78 is 7.78. The third-order valence-electron chi connectivity index (χ3n) is 5.92. The molecule has 2 aliphatic rings. The Bertz CT molecular complexity index is 704. The number of thioether (sulfide) groups is 1. The molecule has 2 saturated carbocycles. The van der Waals surface area contributed by atoms with Gasteiger partial charge in [-0.2, -0.15) is 0 Å². The van der Waals surface area contributed by atoms with Crippen molar-refractivity contribution in [3.05, 3.63) is 17.5 Å². The van der Waals surface area contributed by atoms with Gasteiger partial charge in [-0.15, -0.1) is 21.5 Å². The predicted molar refractivity (Wildman–Crippen MR) is 106 cm³/mol. The number of fused-ring (bicyclic) bond motifs is 2. The number of aliphatic hydroxyl groups excluding tert-OH is 1. The molecule has 4 atom stereocenters. The van der Waals surface area contributed by atoms with Crippen LogP contribution in [0.4, 0.5) is 0 Å². The molecule has 2 aromatic rings. The Hall–Kier alpha value is -0.890. The van der Waals surface area contributed by atoms with Crippen LogP contribution in [-0.4, -0.2) is 45.4 Å². The summed E-state index contributed by atoms with van der Waals surface area (Å²) >= 11 is 3.44. The summed E-state index contributed by atoms with van der Waals surface area (Å²) in [6.07, 6.45) is 5.60. The predicted octanol–water partition coefficient (Wildman–Crippen LogP) is 4.10. The zero-order chi connectivity index (χ0) is 17.9. The standard InChI is InChI=1S/C19H27N3O2S2/c1-13(16-12-14-4-5-15(16)11-14)22-18(17-3-2-9-25-17)20-21-19(22)26-10-8-24-7-6-23/h2-3,9,13-16,23H,4-8,10-12H2,1H3. The Labute approximate surface area is 163 Å². The number of hydrogen-bond donors (Lipinski definition) is 1. The van der Waals surface area contributed by atoms with E-state index in [1.165, 1.54) is 30.6 Å². The maximum Gasteiger partial charge on any atom is 0.191 e. The van der Waals surface area contributed by atoms with Crippen molar-refractivity contribution in [1.82, 2.24) is 14.8 Å². The lowest BCUT2D eigenvalue weighted by Crippen LogP contribution is -2.23. The van der Waals surface area contributed by atoms with Gasteiger partial charge in [0.25, 0.3) is 0 Å². The molecule has 2 fully saturated rings. The molecule has 2 bridgehead atoms. The number of nitrogens with zero attached hydrogens (tertiary/aromatic N) is 3. The van der Waals surface area contributed by atoms with Crippen LogP contribution in [0.3, 0.4) is 0 Å². The van der Waals surface area contributed by atoms with Crippen molar-refractivity contribution in [2.45, 2.75) is 43.8 Å². The van der Waals surface area contributed by atoms with Crippen molar-refractivity contribution in [3.63, 3.8) is 0 Å². The van der Waals surface area contributed by atoms with E-state index in [0.717, 1.165) is 34.5 Å². The molecule has 0 aliphatic heterocycles. The molecule has 7 heteroatoms. The molecule has 2 aliphatic carbocycles. The number of ether oxygens (including phenoxy) is 1. The minimum atomic E-state index is 0.0741. The Morgan fingerprint density at radius 1 is 1.35 bits per heavy atom. The molecule has 26 heavy (non-hydrogen) atoms. The first-order valence-corrected chi connectivity index (χ1v) is 11.4. The topological polar surface area (TPSA) is 60.2 Å². The van der Waals surface area contributed by atoms with Crippen molar-refractivity contribution in [2.75, 3.05) is 25.6 Å². The maximum absolute atomic E-state index is 8.82. The largest absolute Gasteiger partial charge is 0.394 e. The highest BCUT2D eigenvalue weighted by Gasteiger charge is 2.43. The average molecular weight is 394 g/mol. The quantitative estimate of drug-likeness (QED) is 0.513. The molecule has 4 unspecified atom stereocenters. The normalized spacial score (nSPS) is 25.8. The molecule has 1 N–H and O–H groups in total. The molecule has 5 nitrogen and oxygen atoms in total. The van der Waals surface area contributed by atoms with Crippen molar-refractivity contribution in [1.29, 1.82) is 0 Å². The Morgan fingerprint density at radius 2 is 2.27 bits per heavy atom. The molecule has 0 saturated heterocycles. The van der Waals surface area contributed by atoms with Gasteiger partial charge in [0.1, 0.15) is 0 Å². The lowest BCUT2D eigenvalue weighted by Gasteiger charge is -2.30. The highest BCUT2D eigenvalue weighted by molar-refractivity contribution is 7.99. The summed E-state index contributed by atoms with van der Waals surface area (Å²) in [4.78, 5) is 1.19. The van der Waals surface area contributed by atoms with Gasteiger partial charge in [0, 0.05) is 11.8 Å². The van der Waals surface area contributed by atoms with Crippen LogP contribution in [0.2, 0.25) is 0 Å². The third-order valence-corrected chi connectivity index (χ3v) is 7.69. The highest BCUT2D eigenvalue weighted by atomic mass is 32.2. The van der Waals surface area contributed by atoms with Crippen LogP contribution in [-0.2, 0) is 4.74 Å². The second-order valence-corrected chi connectivity index (χ2v) is 9.43. The molecular weight excluding hydrogens is 366 g/mol. The lowest BCUT2D eigenvalue weighted by atomic mass is 9.84. The van der Waals surface area contributed by atoms with E-state index in [1.54, 1.807) is 23.1 Å². The SMILES string of the molecule is CC(C1CC2CCC1C2)n1c(SCCOCCO)nnc1-c1cccs1. The highest BCUT2D eigenvalue weighted by Crippen LogP contribution is 2.53. The van der Waals surface area contributed by atoms with E-state index in [0.29, 0.717) is 19.3 Å². The first kappa shape index (κ1) is 18.5. The van der Waals surface area contributed by atoms with Crippen molar-refractivity contribution < 1.29 is 9.84 Å². The van der Waals surface area contributed by atoms with Gasteiger partial charge in [0.2, 0.25) is 0 Å². The Morgan fingerprint density at radius 3 is 2.96 bits per heavy atom. The second kappa shape index (κ2) is 8.42. The molecule has 0 amide bonds. The smallest absolute Gasteiger partial charge is 0.191 e. The van der Waals surface area contributed by atoms with E-state index >= 15 is 0 Å². The van der Waals surface area contributed by atoms with Crippen LogP contribution < -0.4 is 0 Å². The fraction of sp³-hybridized carbons (Fsp3) is 0.684. The first-order chi connectivity index (χ1) is 12.8. The van der Waals surface area contributed by atoms with E-state index in [2.05, 4.69) is 39.2 Å². The van der Waals surface area contributed by atoms with Crippen molar-refractivity contribution >= 4 is 23.1 Å². The van der Waals surface area contributed by atoms with Gasteiger partial charge in [0.05, 0.1) is 24.7 Å². The number of rotatable bonds is 9. The summed E-state index contributed by atoms with van der Waals surface area (Å²) in [7, 11) is 0. The van der Waals surface area contributed by atoms with Gasteiger partial charge in [0.15, 0.2) is 11.0 Å². The number of hydrogen-bond acceptors (Lipinski definition) is 6. The van der Waals surface area contributed by atoms with E-state index in [9.17, 15) is 0 Å². The third kappa shape index (κ3) is 3.72. The van der Waals surface area contributed by atoms with Gasteiger partial charge in [-0.25, -0.2) is 0 Å². The van der Waals surface area contributed by atoms with E-state index in [-0.39, 0.29) is 6.61 Å². The van der Waals surface area contributed by atoms with Gasteiger partial charge in [-0.05, 0) is 55.4 Å². The molecular formula is C19H27N3O2S2. The van der Waals surface area contributed by atoms with E-state index in [4.69, 9.17) is 9.84 Å². The summed E-state index contributed by atoms with van der Waals surface area (Å²) in [6.45, 7) is 3.45. The maximum atomic E-state index is 8.82. The van der Waals surface area contributed by atoms with Crippen LogP contribution in [0.1, 0.15) is 38.6 Å².